The van der Waals surface area contributed by atoms with Crippen LogP contribution >= 0.6 is 0 Å². The molecule has 2 aromatic rings. The van der Waals surface area contributed by atoms with Gasteiger partial charge in [-0.1, -0.05) is 83.1 Å². The second-order valence-electron chi connectivity index (χ2n) is 10.4. The van der Waals surface area contributed by atoms with Crippen LogP contribution in [0.25, 0.3) is 11.1 Å². The van der Waals surface area contributed by atoms with Crippen molar-refractivity contribution in [1.82, 2.24) is 10.6 Å². The number of carboxylic acids is 1. The van der Waals surface area contributed by atoms with Gasteiger partial charge in [-0.05, 0) is 40.0 Å². The Balaban J connectivity index is 1.70. The second-order valence-corrected chi connectivity index (χ2v) is 10.4. The molecule has 0 spiro atoms. The first kappa shape index (κ1) is 25.3. The zero-order valence-corrected chi connectivity index (χ0v) is 20.4. The predicted octanol–water partition coefficient (Wildman–Crippen LogP) is 4.56. The Bertz CT molecular complexity index is 1010. The Morgan fingerprint density at radius 1 is 0.941 bits per heavy atom. The van der Waals surface area contributed by atoms with Gasteiger partial charge in [0.2, 0.25) is 5.91 Å². The molecule has 1 aliphatic carbocycles. The molecule has 0 saturated heterocycles. The van der Waals surface area contributed by atoms with Gasteiger partial charge in [0, 0.05) is 5.92 Å². The lowest BCUT2D eigenvalue weighted by atomic mass is 9.87. The van der Waals surface area contributed by atoms with Gasteiger partial charge in [-0.3, -0.25) is 4.79 Å². The molecule has 3 rings (SSSR count). The molecule has 0 fully saturated rings. The SMILES string of the molecule is CC(C)C(NC(=O)C(CC(C)(C)C)NC(=O)OCC1c2ccccc2-c2ccccc21)C(=O)O. The van der Waals surface area contributed by atoms with E-state index in [0.29, 0.717) is 6.42 Å². The second kappa shape index (κ2) is 10.3. The van der Waals surface area contributed by atoms with Gasteiger partial charge in [-0.15, -0.1) is 0 Å². The number of rotatable bonds is 8. The molecule has 34 heavy (non-hydrogen) atoms. The van der Waals surface area contributed by atoms with Gasteiger partial charge >= 0.3 is 12.1 Å². The van der Waals surface area contributed by atoms with Crippen molar-refractivity contribution < 1.29 is 24.2 Å². The number of carboxylic acid groups (broad SMARTS) is 1. The van der Waals surface area contributed by atoms with Gasteiger partial charge in [0.05, 0.1) is 0 Å². The summed E-state index contributed by atoms with van der Waals surface area (Å²) in [5.41, 5.74) is 4.18. The molecule has 0 aromatic heterocycles. The molecule has 7 nitrogen and oxygen atoms in total. The maximum absolute atomic E-state index is 12.9. The van der Waals surface area contributed by atoms with E-state index in [1.807, 2.05) is 57.2 Å². The molecular weight excluding hydrogens is 432 g/mol. The van der Waals surface area contributed by atoms with E-state index in [0.717, 1.165) is 22.3 Å². The lowest BCUT2D eigenvalue weighted by molar-refractivity contribution is -0.143. The van der Waals surface area contributed by atoms with Crippen LogP contribution in [-0.4, -0.2) is 41.8 Å². The van der Waals surface area contributed by atoms with Gasteiger partial charge < -0.3 is 20.5 Å². The highest BCUT2D eigenvalue weighted by Crippen LogP contribution is 2.44. The molecule has 2 aromatic carbocycles. The van der Waals surface area contributed by atoms with Crippen LogP contribution in [0.1, 0.15) is 58.1 Å². The predicted molar refractivity (Wildman–Crippen MR) is 130 cm³/mol. The minimum atomic E-state index is -1.11. The number of benzene rings is 2. The number of amides is 2. The summed E-state index contributed by atoms with van der Waals surface area (Å²) in [6.07, 6.45) is -0.379. The molecule has 182 valence electrons. The van der Waals surface area contributed by atoms with Gasteiger partial charge in [0.25, 0.3) is 0 Å². The summed E-state index contributed by atoms with van der Waals surface area (Å²) in [4.78, 5) is 37.2. The number of alkyl carbamates (subject to hydrolysis) is 1. The molecule has 2 atom stereocenters. The normalized spacial score (nSPS) is 14.6. The fourth-order valence-electron chi connectivity index (χ4n) is 4.37. The third-order valence-electron chi connectivity index (χ3n) is 6.00. The third kappa shape index (κ3) is 5.95. The maximum atomic E-state index is 12.9. The van der Waals surface area contributed by atoms with Crippen molar-refractivity contribution in [2.75, 3.05) is 6.61 Å². The van der Waals surface area contributed by atoms with Crippen molar-refractivity contribution in [3.8, 4) is 11.1 Å². The Morgan fingerprint density at radius 2 is 1.47 bits per heavy atom. The van der Waals surface area contributed by atoms with Crippen LogP contribution in [-0.2, 0) is 14.3 Å². The Morgan fingerprint density at radius 3 is 1.94 bits per heavy atom. The van der Waals surface area contributed by atoms with Crippen molar-refractivity contribution >= 4 is 18.0 Å². The minimum absolute atomic E-state index is 0.0922. The first-order valence-corrected chi connectivity index (χ1v) is 11.6. The van der Waals surface area contributed by atoms with Crippen LogP contribution in [0, 0.1) is 11.3 Å². The van der Waals surface area contributed by atoms with Gasteiger partial charge in [-0.2, -0.15) is 0 Å². The molecule has 3 N–H and O–H groups in total. The topological polar surface area (TPSA) is 105 Å². The van der Waals surface area contributed by atoms with Gasteiger partial charge in [0.15, 0.2) is 0 Å². The zero-order valence-electron chi connectivity index (χ0n) is 20.4. The lowest BCUT2D eigenvalue weighted by Crippen LogP contribution is -2.54. The van der Waals surface area contributed by atoms with E-state index in [4.69, 9.17) is 4.74 Å². The summed E-state index contributed by atoms with van der Waals surface area (Å²) in [5, 5.41) is 14.6. The van der Waals surface area contributed by atoms with E-state index in [1.54, 1.807) is 13.8 Å². The van der Waals surface area contributed by atoms with E-state index in [9.17, 15) is 19.5 Å². The molecular formula is C27H34N2O5. The standard InChI is InChI=1S/C27H34N2O5/c1-16(2)23(25(31)32)29-24(30)22(14-27(3,4)5)28-26(33)34-15-21-19-12-8-6-10-17(19)18-11-7-9-13-20(18)21/h6-13,16,21-23H,14-15H2,1-5H3,(H,28,33)(H,29,30)(H,31,32). The maximum Gasteiger partial charge on any atom is 0.407 e. The van der Waals surface area contributed by atoms with Gasteiger partial charge in [0.1, 0.15) is 18.7 Å². The molecule has 0 radical (unpaired) electrons. The van der Waals surface area contributed by atoms with Crippen molar-refractivity contribution in [2.45, 2.75) is 59.0 Å². The van der Waals surface area contributed by atoms with Crippen molar-refractivity contribution in [3.05, 3.63) is 59.7 Å². The Kier molecular flexibility index (Phi) is 7.64. The average Bonchev–Trinajstić information content (AvgIpc) is 3.08. The van der Waals surface area contributed by atoms with Crippen molar-refractivity contribution in [1.29, 1.82) is 0 Å². The van der Waals surface area contributed by atoms with Crippen molar-refractivity contribution in [3.63, 3.8) is 0 Å². The number of aliphatic carboxylic acids is 1. The molecule has 0 bridgehead atoms. The molecule has 1 aliphatic rings. The summed E-state index contributed by atoms with van der Waals surface area (Å²) in [7, 11) is 0. The number of hydrogen-bond donors (Lipinski definition) is 3. The quantitative estimate of drug-likeness (QED) is 0.529. The monoisotopic (exact) mass is 466 g/mol. The molecule has 0 heterocycles. The lowest BCUT2D eigenvalue weighted by Gasteiger charge is -2.28. The van der Waals surface area contributed by atoms with E-state index in [-0.39, 0.29) is 23.9 Å². The fourth-order valence-corrected chi connectivity index (χ4v) is 4.37. The molecule has 2 unspecified atom stereocenters. The number of carbonyl (C=O) groups excluding carboxylic acids is 2. The summed E-state index contributed by atoms with van der Waals surface area (Å²) >= 11 is 0. The first-order chi connectivity index (χ1) is 16.0. The fraction of sp³-hybridized carbons (Fsp3) is 0.444. The first-order valence-electron chi connectivity index (χ1n) is 11.6. The number of fused-ring (bicyclic) bond motifs is 3. The van der Waals surface area contributed by atoms with E-state index >= 15 is 0 Å². The van der Waals surface area contributed by atoms with Crippen molar-refractivity contribution in [2.24, 2.45) is 11.3 Å². The third-order valence-corrected chi connectivity index (χ3v) is 6.00. The Labute approximate surface area is 200 Å². The summed E-state index contributed by atoms with van der Waals surface area (Å²) in [5.74, 6) is -2.04. The van der Waals surface area contributed by atoms with Crippen LogP contribution in [0.5, 0.6) is 0 Å². The highest BCUT2D eigenvalue weighted by molar-refractivity contribution is 5.89. The minimum Gasteiger partial charge on any atom is -0.480 e. The van der Waals surface area contributed by atoms with Crippen LogP contribution in [0.3, 0.4) is 0 Å². The largest absolute Gasteiger partial charge is 0.480 e. The zero-order chi connectivity index (χ0) is 25.0. The number of nitrogens with one attached hydrogen (secondary N) is 2. The number of ether oxygens (including phenoxy) is 1. The molecule has 7 heteroatoms. The highest BCUT2D eigenvalue weighted by atomic mass is 16.5. The highest BCUT2D eigenvalue weighted by Gasteiger charge is 2.33. The van der Waals surface area contributed by atoms with Gasteiger partial charge in [-0.25, -0.2) is 9.59 Å². The van der Waals surface area contributed by atoms with E-state index in [2.05, 4.69) is 22.8 Å². The summed E-state index contributed by atoms with van der Waals surface area (Å²) in [6.45, 7) is 9.42. The van der Waals surface area contributed by atoms with Crippen LogP contribution in [0.2, 0.25) is 0 Å². The Hall–Kier alpha value is -3.35. The summed E-state index contributed by atoms with van der Waals surface area (Å²) in [6, 6.07) is 14.1. The van der Waals surface area contributed by atoms with Crippen LogP contribution in [0.4, 0.5) is 4.79 Å². The van der Waals surface area contributed by atoms with Crippen LogP contribution in [0.15, 0.2) is 48.5 Å². The smallest absolute Gasteiger partial charge is 0.407 e. The van der Waals surface area contributed by atoms with E-state index in [1.165, 1.54) is 0 Å². The summed E-state index contributed by atoms with van der Waals surface area (Å²) < 4.78 is 5.59. The number of carbonyl (C=O) groups is 3. The van der Waals surface area contributed by atoms with E-state index < -0.39 is 30.1 Å². The molecule has 0 aliphatic heterocycles. The average molecular weight is 467 g/mol. The van der Waals surface area contributed by atoms with Crippen LogP contribution < -0.4 is 10.6 Å². The number of hydrogen-bond acceptors (Lipinski definition) is 4. The molecule has 2 amide bonds. The molecule has 0 saturated carbocycles.